The summed E-state index contributed by atoms with van der Waals surface area (Å²) in [5, 5.41) is 21.5. The van der Waals surface area contributed by atoms with E-state index in [0.29, 0.717) is 25.7 Å². The smallest absolute Gasteiger partial charge is 0.306 e. The number of nitrogens with zero attached hydrogens (tertiary/aromatic N) is 1. The molecule has 5 rings (SSSR count). The molecule has 1 spiro atoms. The molecule has 5 heteroatoms. The fraction of sp³-hybridized carbons (Fsp3) is 0.783. The van der Waals surface area contributed by atoms with Crippen LogP contribution in [0, 0.1) is 45.8 Å². The SMILES string of the molecule is C[C@]12CCC(=O)CC1=C[C@@H](C#N)C1C2[C@H](O)C[C@@]2(C)C1CC[C@@]21CCC(=O)O1. The van der Waals surface area contributed by atoms with E-state index in [-0.39, 0.29) is 46.3 Å². The van der Waals surface area contributed by atoms with Gasteiger partial charge in [0.2, 0.25) is 0 Å². The number of aliphatic hydroxyl groups excluding tert-OH is 1. The van der Waals surface area contributed by atoms with Crippen LogP contribution in [0.3, 0.4) is 0 Å². The molecule has 5 nitrogen and oxygen atoms in total. The molecule has 3 saturated carbocycles. The highest BCUT2D eigenvalue weighted by atomic mass is 16.6. The van der Waals surface area contributed by atoms with Gasteiger partial charge in [-0.15, -0.1) is 0 Å². The summed E-state index contributed by atoms with van der Waals surface area (Å²) in [6.07, 6.45) is 6.83. The normalized spacial score (nSPS) is 52.4. The molecular formula is C23H29NO4. The second kappa shape index (κ2) is 5.69. The summed E-state index contributed by atoms with van der Waals surface area (Å²) in [6, 6.07) is 2.50. The summed E-state index contributed by atoms with van der Waals surface area (Å²) in [7, 11) is 0. The second-order valence-corrected chi connectivity index (χ2v) is 10.4. The van der Waals surface area contributed by atoms with Crippen molar-refractivity contribution >= 4 is 11.8 Å². The lowest BCUT2D eigenvalue weighted by atomic mass is 9.44. The van der Waals surface area contributed by atoms with E-state index in [1.165, 1.54) is 0 Å². The molecule has 0 aromatic heterocycles. The van der Waals surface area contributed by atoms with Crippen molar-refractivity contribution in [2.24, 2.45) is 34.5 Å². The minimum atomic E-state index is -0.543. The minimum Gasteiger partial charge on any atom is -0.458 e. The highest BCUT2D eigenvalue weighted by Gasteiger charge is 2.70. The predicted octanol–water partition coefficient (Wildman–Crippen LogP) is 3.31. The summed E-state index contributed by atoms with van der Waals surface area (Å²) >= 11 is 0. The number of hydrogen-bond donors (Lipinski definition) is 1. The van der Waals surface area contributed by atoms with Crippen LogP contribution >= 0.6 is 0 Å². The molecule has 0 radical (unpaired) electrons. The van der Waals surface area contributed by atoms with Crippen LogP contribution in [0.4, 0.5) is 0 Å². The predicted molar refractivity (Wildman–Crippen MR) is 101 cm³/mol. The number of rotatable bonds is 0. The molecule has 0 aromatic carbocycles. The molecule has 5 aliphatic rings. The van der Waals surface area contributed by atoms with Crippen LogP contribution in [0.2, 0.25) is 0 Å². The third-order valence-corrected chi connectivity index (χ3v) is 9.41. The fourth-order valence-electron chi connectivity index (χ4n) is 8.02. The second-order valence-electron chi connectivity index (χ2n) is 10.4. The lowest BCUT2D eigenvalue weighted by molar-refractivity contribution is -0.185. The van der Waals surface area contributed by atoms with Crippen LogP contribution in [0.1, 0.15) is 65.2 Å². The Hall–Kier alpha value is -1.67. The number of ether oxygens (including phenoxy) is 1. The van der Waals surface area contributed by atoms with Gasteiger partial charge in [-0.25, -0.2) is 0 Å². The van der Waals surface area contributed by atoms with Gasteiger partial charge in [-0.05, 0) is 55.3 Å². The van der Waals surface area contributed by atoms with Gasteiger partial charge in [0.05, 0.1) is 18.1 Å². The average Bonchev–Trinajstić information content (AvgIpc) is 3.15. The fourth-order valence-corrected chi connectivity index (χ4v) is 8.02. The molecule has 1 aliphatic heterocycles. The summed E-state index contributed by atoms with van der Waals surface area (Å²) in [4.78, 5) is 24.1. The number of carbonyl (C=O) groups excluding carboxylic acids is 2. The van der Waals surface area contributed by atoms with E-state index < -0.39 is 11.7 Å². The molecular weight excluding hydrogens is 354 g/mol. The Kier molecular flexibility index (Phi) is 3.73. The van der Waals surface area contributed by atoms with Gasteiger partial charge in [0, 0.05) is 24.7 Å². The largest absolute Gasteiger partial charge is 0.458 e. The van der Waals surface area contributed by atoms with Crippen molar-refractivity contribution in [3.8, 4) is 6.07 Å². The van der Waals surface area contributed by atoms with Gasteiger partial charge in [-0.2, -0.15) is 5.26 Å². The van der Waals surface area contributed by atoms with Crippen molar-refractivity contribution in [1.29, 1.82) is 5.26 Å². The number of hydrogen-bond acceptors (Lipinski definition) is 5. The summed E-state index contributed by atoms with van der Waals surface area (Å²) < 4.78 is 5.93. The van der Waals surface area contributed by atoms with Crippen LogP contribution in [0.15, 0.2) is 11.6 Å². The minimum absolute atomic E-state index is 0.00409. The van der Waals surface area contributed by atoms with Crippen LogP contribution in [0.5, 0.6) is 0 Å². The van der Waals surface area contributed by atoms with Crippen LogP contribution in [-0.4, -0.2) is 28.6 Å². The van der Waals surface area contributed by atoms with Gasteiger partial charge in [0.15, 0.2) is 0 Å². The maximum atomic E-state index is 12.1. The number of carbonyl (C=O) groups is 2. The van der Waals surface area contributed by atoms with E-state index in [1.54, 1.807) is 0 Å². The van der Waals surface area contributed by atoms with E-state index in [1.807, 2.05) is 0 Å². The maximum absolute atomic E-state index is 12.1. The zero-order valence-corrected chi connectivity index (χ0v) is 16.7. The van der Waals surface area contributed by atoms with Gasteiger partial charge in [-0.3, -0.25) is 9.59 Å². The molecule has 1 saturated heterocycles. The standard InChI is InChI=1S/C23H29NO4/c1-21-6-3-15(25)10-14(21)9-13(12-24)19-16-4-7-23(8-5-18(27)28-23)22(16,2)11-17(26)20(19)21/h9,13,16-17,19-20,26H,3-8,10-11H2,1-2H3/t13-,16?,17+,19?,20?,21-,22-,23+/m0/s1. The summed E-state index contributed by atoms with van der Waals surface area (Å²) in [5.41, 5.74) is 0.0865. The first-order chi connectivity index (χ1) is 13.2. The Labute approximate surface area is 166 Å². The monoisotopic (exact) mass is 383 g/mol. The number of aliphatic hydroxyl groups is 1. The third kappa shape index (κ3) is 2.10. The van der Waals surface area contributed by atoms with E-state index in [9.17, 15) is 20.0 Å². The molecule has 28 heavy (non-hydrogen) atoms. The first kappa shape index (κ1) is 18.4. The summed E-state index contributed by atoms with van der Waals surface area (Å²) in [6.45, 7) is 4.38. The lowest BCUT2D eigenvalue weighted by Gasteiger charge is -2.61. The molecule has 150 valence electrons. The Bertz CT molecular complexity index is 827. The lowest BCUT2D eigenvalue weighted by Crippen LogP contribution is -2.61. The Morgan fingerprint density at radius 3 is 2.68 bits per heavy atom. The number of esters is 1. The maximum Gasteiger partial charge on any atom is 0.306 e. The van der Waals surface area contributed by atoms with Crippen LogP contribution in [-0.2, 0) is 14.3 Å². The van der Waals surface area contributed by atoms with Crippen molar-refractivity contribution in [3.63, 3.8) is 0 Å². The molecule has 8 atom stereocenters. The van der Waals surface area contributed by atoms with Gasteiger partial charge < -0.3 is 9.84 Å². The molecule has 1 N–H and O–H groups in total. The molecule has 4 aliphatic carbocycles. The highest BCUT2D eigenvalue weighted by molar-refractivity contribution is 5.82. The molecule has 3 unspecified atom stereocenters. The molecule has 1 heterocycles. The van der Waals surface area contributed by atoms with Gasteiger partial charge in [0.1, 0.15) is 11.4 Å². The topological polar surface area (TPSA) is 87.4 Å². The first-order valence-corrected chi connectivity index (χ1v) is 10.8. The van der Waals surface area contributed by atoms with Gasteiger partial charge in [0.25, 0.3) is 0 Å². The number of allylic oxidation sites excluding steroid dienone is 2. The summed E-state index contributed by atoms with van der Waals surface area (Å²) in [5.74, 6) is 0.134. The van der Waals surface area contributed by atoms with E-state index in [2.05, 4.69) is 26.0 Å². The van der Waals surface area contributed by atoms with Gasteiger partial charge in [-0.1, -0.05) is 25.5 Å². The van der Waals surface area contributed by atoms with Crippen molar-refractivity contribution in [2.75, 3.05) is 0 Å². The van der Waals surface area contributed by atoms with Crippen molar-refractivity contribution in [2.45, 2.75) is 76.9 Å². The quantitative estimate of drug-likeness (QED) is 0.512. The van der Waals surface area contributed by atoms with E-state index in [0.717, 1.165) is 31.3 Å². The van der Waals surface area contributed by atoms with E-state index in [4.69, 9.17) is 4.74 Å². The molecule has 0 amide bonds. The number of nitriles is 1. The van der Waals surface area contributed by atoms with Crippen molar-refractivity contribution in [1.82, 2.24) is 0 Å². The van der Waals surface area contributed by atoms with Gasteiger partial charge >= 0.3 is 5.97 Å². The average molecular weight is 383 g/mol. The Morgan fingerprint density at radius 1 is 1.21 bits per heavy atom. The van der Waals surface area contributed by atoms with Crippen molar-refractivity contribution in [3.05, 3.63) is 11.6 Å². The number of fused-ring (bicyclic) bond motifs is 6. The van der Waals surface area contributed by atoms with Crippen LogP contribution in [0.25, 0.3) is 0 Å². The number of ketones is 1. The Balaban J connectivity index is 1.61. The number of Topliss-reactive ketones (excluding diaryl/α,β-unsaturated/α-hetero) is 1. The highest BCUT2D eigenvalue weighted by Crippen LogP contribution is 2.70. The Morgan fingerprint density at radius 2 is 2.00 bits per heavy atom. The zero-order chi connectivity index (χ0) is 19.9. The van der Waals surface area contributed by atoms with Crippen LogP contribution < -0.4 is 0 Å². The van der Waals surface area contributed by atoms with Crippen molar-refractivity contribution < 1.29 is 19.4 Å². The third-order valence-electron chi connectivity index (χ3n) is 9.41. The molecule has 0 bridgehead atoms. The molecule has 0 aromatic rings. The molecule has 4 fully saturated rings. The zero-order valence-electron chi connectivity index (χ0n) is 16.7. The first-order valence-electron chi connectivity index (χ1n) is 10.8. The van der Waals surface area contributed by atoms with E-state index >= 15 is 0 Å².